The molecule has 2 fully saturated rings. The molecule has 2 aliphatic rings. The highest BCUT2D eigenvalue weighted by molar-refractivity contribution is 5.98. The lowest BCUT2D eigenvalue weighted by atomic mass is 9.71. The molecule has 0 unspecified atom stereocenters. The molecule has 2 amide bonds. The molecule has 0 saturated carbocycles. The number of anilines is 3. The maximum absolute atomic E-state index is 13.4. The Morgan fingerprint density at radius 2 is 1.85 bits per heavy atom. The van der Waals surface area contributed by atoms with Crippen LogP contribution in [0.4, 0.5) is 17.5 Å². The van der Waals surface area contributed by atoms with E-state index in [9.17, 15) is 9.59 Å². The highest BCUT2D eigenvalue weighted by Crippen LogP contribution is 2.42. The average Bonchev–Trinajstić information content (AvgIpc) is 2.93. The fourth-order valence-corrected chi connectivity index (χ4v) is 5.89. The number of para-hydroxylation sites is 1. The summed E-state index contributed by atoms with van der Waals surface area (Å²) in [5.74, 6) is 0.480. The first-order chi connectivity index (χ1) is 19.2. The van der Waals surface area contributed by atoms with Gasteiger partial charge in [-0.05, 0) is 44.4 Å². The smallest absolute Gasteiger partial charge is 0.255 e. The molecule has 10 heteroatoms. The molecule has 4 heterocycles. The molecule has 1 aromatic carbocycles. The molecule has 2 aromatic heterocycles. The van der Waals surface area contributed by atoms with Crippen LogP contribution in [-0.4, -0.2) is 69.9 Å². The van der Waals surface area contributed by atoms with Crippen molar-refractivity contribution in [1.29, 1.82) is 0 Å². The predicted molar refractivity (Wildman–Crippen MR) is 158 cm³/mol. The molecule has 10 nitrogen and oxygen atoms in total. The van der Waals surface area contributed by atoms with Gasteiger partial charge in [-0.3, -0.25) is 9.59 Å². The van der Waals surface area contributed by atoms with Gasteiger partial charge in [0, 0.05) is 56.9 Å². The Morgan fingerprint density at radius 1 is 1.12 bits per heavy atom. The Morgan fingerprint density at radius 3 is 2.52 bits per heavy atom. The van der Waals surface area contributed by atoms with Crippen molar-refractivity contribution in [1.82, 2.24) is 25.2 Å². The number of unbranched alkanes of at least 4 members (excludes halogenated alkanes) is 1. The number of amides is 2. The molecule has 2 aliphatic heterocycles. The molecule has 1 spiro atoms. The fraction of sp³-hybridized carbons (Fsp3) is 0.500. The summed E-state index contributed by atoms with van der Waals surface area (Å²) < 4.78 is 0. The second-order valence-electron chi connectivity index (χ2n) is 11.7. The van der Waals surface area contributed by atoms with Crippen LogP contribution in [0.15, 0.2) is 42.6 Å². The Labute approximate surface area is 235 Å². The lowest BCUT2D eigenvalue weighted by Gasteiger charge is -2.54. The number of nitrogen functional groups attached to an aromatic ring is 1. The van der Waals surface area contributed by atoms with Crippen LogP contribution in [0, 0.1) is 5.41 Å². The number of nitrogens with two attached hydrogens (primary N) is 1. The summed E-state index contributed by atoms with van der Waals surface area (Å²) in [6.45, 7) is 9.67. The molecule has 0 bridgehead atoms. The van der Waals surface area contributed by atoms with Crippen molar-refractivity contribution < 1.29 is 9.59 Å². The van der Waals surface area contributed by atoms with Crippen LogP contribution in [0.25, 0.3) is 11.0 Å². The van der Waals surface area contributed by atoms with E-state index in [0.29, 0.717) is 29.0 Å². The summed E-state index contributed by atoms with van der Waals surface area (Å²) in [5, 5.41) is 6.38. The fourth-order valence-electron chi connectivity index (χ4n) is 5.89. The minimum atomic E-state index is -0.451. The molecule has 2 saturated heterocycles. The Bertz CT molecular complexity index is 1360. The largest absolute Gasteiger partial charge is 0.371 e. The molecule has 0 radical (unpaired) electrons. The molecule has 0 aliphatic carbocycles. The quantitative estimate of drug-likeness (QED) is 0.371. The summed E-state index contributed by atoms with van der Waals surface area (Å²) >= 11 is 0. The number of fused-ring (bicyclic) bond motifs is 1. The first-order valence-electron chi connectivity index (χ1n) is 14.2. The normalized spacial score (nSPS) is 17.8. The summed E-state index contributed by atoms with van der Waals surface area (Å²) in [5.41, 5.74) is 8.66. The third-order valence-corrected chi connectivity index (χ3v) is 8.32. The topological polar surface area (TPSA) is 129 Å². The van der Waals surface area contributed by atoms with Crippen molar-refractivity contribution in [2.24, 2.45) is 5.41 Å². The molecule has 4 N–H and O–H groups in total. The summed E-state index contributed by atoms with van der Waals surface area (Å²) in [6, 6.07) is 12.3. The van der Waals surface area contributed by atoms with Crippen molar-refractivity contribution >= 4 is 40.3 Å². The highest BCUT2D eigenvalue weighted by Gasteiger charge is 2.47. The first-order valence-corrected chi connectivity index (χ1v) is 14.2. The van der Waals surface area contributed by atoms with Crippen LogP contribution >= 0.6 is 0 Å². The van der Waals surface area contributed by atoms with E-state index in [1.165, 1.54) is 12.6 Å². The molecule has 5 rings (SSSR count). The average molecular weight is 545 g/mol. The second kappa shape index (κ2) is 11.3. The molecule has 212 valence electrons. The third kappa shape index (κ3) is 5.95. The number of carbonyl (C=O) groups is 2. The zero-order valence-electron chi connectivity index (χ0n) is 23.7. The van der Waals surface area contributed by atoms with E-state index in [1.807, 2.05) is 17.9 Å². The van der Waals surface area contributed by atoms with Crippen molar-refractivity contribution in [3.05, 3.63) is 48.2 Å². The number of aromatic nitrogens is 3. The minimum absolute atomic E-state index is 0.0318. The number of benzene rings is 1. The predicted octanol–water partition coefficient (Wildman–Crippen LogP) is 3.85. The number of nitrogens with one attached hydrogen (secondary N) is 2. The van der Waals surface area contributed by atoms with E-state index in [2.05, 4.69) is 61.7 Å². The van der Waals surface area contributed by atoms with Gasteiger partial charge in [0.1, 0.15) is 5.52 Å². The van der Waals surface area contributed by atoms with Crippen molar-refractivity contribution in [3.63, 3.8) is 0 Å². The second-order valence-corrected chi connectivity index (χ2v) is 11.7. The molecule has 1 atom stereocenters. The van der Waals surface area contributed by atoms with E-state index in [-0.39, 0.29) is 23.2 Å². The lowest BCUT2D eigenvalue weighted by Crippen LogP contribution is -2.61. The Hall–Kier alpha value is -3.95. The first kappa shape index (κ1) is 27.6. The summed E-state index contributed by atoms with van der Waals surface area (Å²) in [7, 11) is 0. The van der Waals surface area contributed by atoms with Gasteiger partial charge in [0.2, 0.25) is 11.9 Å². The van der Waals surface area contributed by atoms with E-state index in [1.54, 1.807) is 12.3 Å². The van der Waals surface area contributed by atoms with Gasteiger partial charge in [0.15, 0.2) is 5.82 Å². The molecular weight excluding hydrogens is 504 g/mol. The van der Waals surface area contributed by atoms with Crippen LogP contribution in [-0.2, 0) is 4.79 Å². The SMILES string of the molecule is CCCC[C@](C)(CNC(C)=O)Nc1nc(N)nc2cc(C(=O)N3CC4(CCN(c5ccccc5)CC4)C3)cnc12. The van der Waals surface area contributed by atoms with Crippen LogP contribution in [0.2, 0.25) is 0 Å². The summed E-state index contributed by atoms with van der Waals surface area (Å²) in [4.78, 5) is 42.8. The summed E-state index contributed by atoms with van der Waals surface area (Å²) in [6.07, 6.45) is 6.60. The number of rotatable bonds is 9. The highest BCUT2D eigenvalue weighted by atomic mass is 16.2. The van der Waals surface area contributed by atoms with Gasteiger partial charge in [-0.1, -0.05) is 38.0 Å². The molecular formula is C30H40N8O2. The van der Waals surface area contributed by atoms with Gasteiger partial charge in [0.05, 0.1) is 16.6 Å². The maximum atomic E-state index is 13.4. The lowest BCUT2D eigenvalue weighted by molar-refractivity contribution is -0.119. The van der Waals surface area contributed by atoms with Crippen LogP contribution in [0.5, 0.6) is 0 Å². The number of nitrogens with zero attached hydrogens (tertiary/aromatic N) is 5. The van der Waals surface area contributed by atoms with Crippen LogP contribution in [0.3, 0.4) is 0 Å². The van der Waals surface area contributed by atoms with Gasteiger partial charge in [-0.2, -0.15) is 4.98 Å². The number of pyridine rings is 1. The van der Waals surface area contributed by atoms with E-state index >= 15 is 0 Å². The van der Waals surface area contributed by atoms with Gasteiger partial charge < -0.3 is 26.2 Å². The number of likely N-dealkylation sites (tertiary alicyclic amines) is 1. The van der Waals surface area contributed by atoms with Crippen molar-refractivity contribution in [2.75, 3.05) is 48.7 Å². The standard InChI is InChI=1S/C30H40N8O2/c1-4-5-11-29(3,18-33-21(2)39)36-26-25-24(34-28(31)35-26)16-22(17-32-25)27(40)38-19-30(20-38)12-14-37(15-13-30)23-9-7-6-8-10-23/h6-10,16-17H,4-5,11-15,18-20H2,1-3H3,(H,33,39)(H3,31,34,35,36)/t29-/m1/s1. The Balaban J connectivity index is 1.27. The van der Waals surface area contributed by atoms with E-state index in [4.69, 9.17) is 5.73 Å². The number of hydrogen-bond acceptors (Lipinski definition) is 8. The zero-order valence-corrected chi connectivity index (χ0v) is 23.7. The van der Waals surface area contributed by atoms with Gasteiger partial charge in [-0.15, -0.1) is 0 Å². The van der Waals surface area contributed by atoms with Crippen molar-refractivity contribution in [3.8, 4) is 0 Å². The number of piperidine rings is 1. The maximum Gasteiger partial charge on any atom is 0.255 e. The number of carbonyl (C=O) groups excluding carboxylic acids is 2. The van der Waals surface area contributed by atoms with Gasteiger partial charge >= 0.3 is 0 Å². The van der Waals surface area contributed by atoms with E-state index in [0.717, 1.165) is 58.3 Å². The van der Waals surface area contributed by atoms with Gasteiger partial charge in [0.25, 0.3) is 5.91 Å². The number of hydrogen-bond donors (Lipinski definition) is 3. The monoisotopic (exact) mass is 544 g/mol. The van der Waals surface area contributed by atoms with Crippen LogP contribution < -0.4 is 21.3 Å². The van der Waals surface area contributed by atoms with Crippen molar-refractivity contribution in [2.45, 2.75) is 58.4 Å². The van der Waals surface area contributed by atoms with E-state index < -0.39 is 5.54 Å². The molecule has 3 aromatic rings. The molecule has 40 heavy (non-hydrogen) atoms. The third-order valence-electron chi connectivity index (χ3n) is 8.32. The zero-order chi connectivity index (χ0) is 28.3. The van der Waals surface area contributed by atoms with Crippen LogP contribution in [0.1, 0.15) is 63.2 Å². The Kier molecular flexibility index (Phi) is 7.78. The van der Waals surface area contributed by atoms with Gasteiger partial charge in [-0.25, -0.2) is 9.97 Å². The minimum Gasteiger partial charge on any atom is -0.371 e.